The van der Waals surface area contributed by atoms with E-state index in [0.29, 0.717) is 12.4 Å². The molecule has 0 saturated heterocycles. The molecular formula is C14H19N3O2. The Bertz CT molecular complexity index is 497. The van der Waals surface area contributed by atoms with Crippen molar-refractivity contribution in [3.05, 3.63) is 39.6 Å². The highest BCUT2D eigenvalue weighted by atomic mass is 16.6. The molecule has 1 heterocycles. The standard InChI is InChI=1S/C14H19N3O2/c1-11-9-13(17(18)19)14(16-10-11)15-8-7-12-5-3-2-4-6-12/h5,9-10H,2-4,6-8H2,1H3,(H,15,16). The first kappa shape index (κ1) is 13.5. The Balaban J connectivity index is 1.95. The lowest BCUT2D eigenvalue weighted by molar-refractivity contribution is -0.384. The van der Waals surface area contributed by atoms with Gasteiger partial charge in [0.1, 0.15) is 0 Å². The van der Waals surface area contributed by atoms with Crippen LogP contribution in [0.15, 0.2) is 23.9 Å². The quantitative estimate of drug-likeness (QED) is 0.499. The first-order chi connectivity index (χ1) is 9.16. The molecule has 0 saturated carbocycles. The molecule has 0 amide bonds. The Morgan fingerprint density at radius 1 is 1.47 bits per heavy atom. The molecule has 0 radical (unpaired) electrons. The molecule has 102 valence electrons. The topological polar surface area (TPSA) is 68.1 Å². The molecule has 1 aromatic rings. The highest BCUT2D eigenvalue weighted by Gasteiger charge is 2.15. The minimum absolute atomic E-state index is 0.0534. The van der Waals surface area contributed by atoms with Gasteiger partial charge in [-0.15, -0.1) is 0 Å². The highest BCUT2D eigenvalue weighted by Crippen LogP contribution is 2.24. The van der Waals surface area contributed by atoms with Crippen molar-refractivity contribution < 1.29 is 4.92 Å². The molecule has 1 aliphatic carbocycles. The Morgan fingerprint density at radius 3 is 3.00 bits per heavy atom. The van der Waals surface area contributed by atoms with Gasteiger partial charge in [0, 0.05) is 18.8 Å². The van der Waals surface area contributed by atoms with Gasteiger partial charge in [-0.3, -0.25) is 10.1 Å². The summed E-state index contributed by atoms with van der Waals surface area (Å²) in [4.78, 5) is 14.7. The van der Waals surface area contributed by atoms with Crippen molar-refractivity contribution in [2.75, 3.05) is 11.9 Å². The summed E-state index contributed by atoms with van der Waals surface area (Å²) in [5.41, 5.74) is 2.30. The number of hydrogen-bond acceptors (Lipinski definition) is 4. The molecule has 0 unspecified atom stereocenters. The Labute approximate surface area is 112 Å². The Kier molecular flexibility index (Phi) is 4.49. The van der Waals surface area contributed by atoms with E-state index in [4.69, 9.17) is 0 Å². The van der Waals surface area contributed by atoms with Gasteiger partial charge in [0.2, 0.25) is 5.82 Å². The molecule has 1 N–H and O–H groups in total. The summed E-state index contributed by atoms with van der Waals surface area (Å²) >= 11 is 0. The molecule has 2 rings (SSSR count). The molecule has 1 aliphatic rings. The fraction of sp³-hybridized carbons (Fsp3) is 0.500. The summed E-state index contributed by atoms with van der Waals surface area (Å²) in [7, 11) is 0. The lowest BCUT2D eigenvalue weighted by atomic mass is 9.97. The number of nitro groups is 1. The van der Waals surface area contributed by atoms with E-state index in [2.05, 4.69) is 16.4 Å². The number of nitrogens with one attached hydrogen (secondary N) is 1. The van der Waals surface area contributed by atoms with Crippen LogP contribution in [0, 0.1) is 17.0 Å². The van der Waals surface area contributed by atoms with Crippen molar-refractivity contribution in [2.24, 2.45) is 0 Å². The average molecular weight is 261 g/mol. The van der Waals surface area contributed by atoms with Crippen LogP contribution in [0.4, 0.5) is 11.5 Å². The van der Waals surface area contributed by atoms with Crippen molar-refractivity contribution in [1.82, 2.24) is 4.98 Å². The normalized spacial score (nSPS) is 14.9. The number of nitrogens with zero attached hydrogens (tertiary/aromatic N) is 2. The van der Waals surface area contributed by atoms with E-state index in [-0.39, 0.29) is 10.6 Å². The summed E-state index contributed by atoms with van der Waals surface area (Å²) in [6.45, 7) is 2.50. The lowest BCUT2D eigenvalue weighted by Gasteiger charge is -2.13. The van der Waals surface area contributed by atoms with Crippen LogP contribution in [0.25, 0.3) is 0 Å². The molecule has 0 spiro atoms. The summed E-state index contributed by atoms with van der Waals surface area (Å²) in [6.07, 6.45) is 9.74. The zero-order valence-electron chi connectivity index (χ0n) is 11.2. The van der Waals surface area contributed by atoms with Crippen LogP contribution in [0.3, 0.4) is 0 Å². The first-order valence-corrected chi connectivity index (χ1v) is 6.69. The lowest BCUT2D eigenvalue weighted by Crippen LogP contribution is -2.08. The third-order valence-electron chi connectivity index (χ3n) is 3.32. The Hall–Kier alpha value is -1.91. The summed E-state index contributed by atoms with van der Waals surface area (Å²) in [5, 5.41) is 14.0. The van der Waals surface area contributed by atoms with E-state index in [1.54, 1.807) is 19.2 Å². The van der Waals surface area contributed by atoms with E-state index in [9.17, 15) is 10.1 Å². The smallest absolute Gasteiger partial charge is 0.311 e. The maximum absolute atomic E-state index is 11.0. The average Bonchev–Trinajstić information content (AvgIpc) is 2.41. The van der Waals surface area contributed by atoms with Gasteiger partial charge in [-0.2, -0.15) is 0 Å². The van der Waals surface area contributed by atoms with E-state index >= 15 is 0 Å². The molecule has 0 fully saturated rings. The van der Waals surface area contributed by atoms with Gasteiger partial charge >= 0.3 is 5.69 Å². The van der Waals surface area contributed by atoms with Crippen molar-refractivity contribution in [1.29, 1.82) is 0 Å². The van der Waals surface area contributed by atoms with Gasteiger partial charge in [-0.05, 0) is 44.6 Å². The number of aryl methyl sites for hydroxylation is 1. The van der Waals surface area contributed by atoms with E-state index in [1.807, 2.05) is 0 Å². The van der Waals surface area contributed by atoms with Crippen LogP contribution in [-0.2, 0) is 0 Å². The van der Waals surface area contributed by atoms with Crippen LogP contribution in [0.2, 0.25) is 0 Å². The van der Waals surface area contributed by atoms with Crippen LogP contribution < -0.4 is 5.32 Å². The van der Waals surface area contributed by atoms with Crippen LogP contribution in [0.1, 0.15) is 37.7 Å². The number of hydrogen-bond donors (Lipinski definition) is 1. The van der Waals surface area contributed by atoms with Gasteiger partial charge in [-0.25, -0.2) is 4.98 Å². The van der Waals surface area contributed by atoms with Gasteiger partial charge in [-0.1, -0.05) is 11.6 Å². The number of pyridine rings is 1. The third kappa shape index (κ3) is 3.77. The number of anilines is 1. The Morgan fingerprint density at radius 2 is 2.32 bits per heavy atom. The van der Waals surface area contributed by atoms with Crippen molar-refractivity contribution in [2.45, 2.75) is 39.0 Å². The van der Waals surface area contributed by atoms with Crippen molar-refractivity contribution in [3.63, 3.8) is 0 Å². The monoisotopic (exact) mass is 261 g/mol. The number of aromatic nitrogens is 1. The summed E-state index contributed by atoms with van der Waals surface area (Å²) in [6, 6.07) is 1.55. The molecule has 0 aliphatic heterocycles. The predicted octanol–water partition coefficient (Wildman–Crippen LogP) is 3.60. The largest absolute Gasteiger partial charge is 0.364 e. The number of rotatable bonds is 5. The fourth-order valence-electron chi connectivity index (χ4n) is 2.30. The molecular weight excluding hydrogens is 242 g/mol. The van der Waals surface area contributed by atoms with Crippen LogP contribution in [-0.4, -0.2) is 16.5 Å². The fourth-order valence-corrected chi connectivity index (χ4v) is 2.30. The SMILES string of the molecule is Cc1cnc(NCCC2=CCCCC2)c([N+](=O)[O-])c1. The molecule has 0 atom stereocenters. The maximum Gasteiger partial charge on any atom is 0.311 e. The van der Waals surface area contributed by atoms with E-state index in [0.717, 1.165) is 24.8 Å². The minimum atomic E-state index is -0.387. The molecule has 5 heteroatoms. The zero-order chi connectivity index (χ0) is 13.7. The second kappa shape index (κ2) is 6.31. The number of allylic oxidation sites excluding steroid dienone is 1. The predicted molar refractivity (Wildman–Crippen MR) is 75.3 cm³/mol. The van der Waals surface area contributed by atoms with Crippen molar-refractivity contribution >= 4 is 11.5 Å². The second-order valence-corrected chi connectivity index (χ2v) is 4.92. The molecule has 1 aromatic heterocycles. The van der Waals surface area contributed by atoms with Gasteiger partial charge in [0.25, 0.3) is 0 Å². The molecule has 0 bridgehead atoms. The molecule has 19 heavy (non-hydrogen) atoms. The van der Waals surface area contributed by atoms with Crippen molar-refractivity contribution in [3.8, 4) is 0 Å². The molecule has 0 aromatic carbocycles. The first-order valence-electron chi connectivity index (χ1n) is 6.69. The second-order valence-electron chi connectivity index (χ2n) is 4.92. The third-order valence-corrected chi connectivity index (χ3v) is 3.32. The zero-order valence-corrected chi connectivity index (χ0v) is 11.2. The molecule has 5 nitrogen and oxygen atoms in total. The van der Waals surface area contributed by atoms with E-state index in [1.165, 1.54) is 18.4 Å². The van der Waals surface area contributed by atoms with Crippen LogP contribution in [0.5, 0.6) is 0 Å². The van der Waals surface area contributed by atoms with Crippen LogP contribution >= 0.6 is 0 Å². The summed E-state index contributed by atoms with van der Waals surface area (Å²) < 4.78 is 0. The highest BCUT2D eigenvalue weighted by molar-refractivity contribution is 5.56. The minimum Gasteiger partial charge on any atom is -0.364 e. The van der Waals surface area contributed by atoms with E-state index < -0.39 is 0 Å². The van der Waals surface area contributed by atoms with Gasteiger partial charge in [0.15, 0.2) is 0 Å². The summed E-state index contributed by atoms with van der Waals surface area (Å²) in [5.74, 6) is 0.368. The van der Waals surface area contributed by atoms with Gasteiger partial charge < -0.3 is 5.32 Å². The van der Waals surface area contributed by atoms with Gasteiger partial charge in [0.05, 0.1) is 4.92 Å². The maximum atomic E-state index is 11.0.